The third kappa shape index (κ3) is 12.3. The molecule has 228 valence electrons. The van der Waals surface area contributed by atoms with Crippen molar-refractivity contribution in [3.05, 3.63) is 31.5 Å². The first-order valence-electron chi connectivity index (χ1n) is 12.7. The number of hydrogen-bond acceptors (Lipinski definition) is 15. The van der Waals surface area contributed by atoms with Crippen molar-refractivity contribution in [2.75, 3.05) is 58.9 Å². The van der Waals surface area contributed by atoms with Gasteiger partial charge in [0, 0.05) is 58.9 Å². The molecule has 0 radical (unpaired) electrons. The minimum Gasteiger partial charge on any atom is -0.390 e. The van der Waals surface area contributed by atoms with E-state index in [9.17, 15) is 45.0 Å². The Hall–Kier alpha value is -2.07. The van der Waals surface area contributed by atoms with Crippen molar-refractivity contribution in [2.24, 2.45) is 17.2 Å². The van der Waals surface area contributed by atoms with Crippen LogP contribution < -0.4 is 50.2 Å². The van der Waals surface area contributed by atoms with E-state index in [1.54, 1.807) is 0 Å². The summed E-state index contributed by atoms with van der Waals surface area (Å²) in [5.74, 6) is 0. The number of aromatic nitrogens is 3. The number of aliphatic hydroxyl groups excluding tert-OH is 6. The van der Waals surface area contributed by atoms with Gasteiger partial charge in [-0.25, -0.2) is 28.1 Å². The van der Waals surface area contributed by atoms with Crippen molar-refractivity contribution >= 4 is 0 Å². The standard InChI is InChI=1S/C21H45N9O9/c22-1-13(31)4-25-7-16(34)10-28-19(37)29(11-17(35)8-26-5-14(32)2-23)21(39)30(20(28)38)12-18(36)9-27-6-15(33)3-24/h13-18,25-27,31-36H,1-12,22-24H2. The van der Waals surface area contributed by atoms with Gasteiger partial charge in [0.1, 0.15) is 0 Å². The van der Waals surface area contributed by atoms with E-state index in [1.165, 1.54) is 0 Å². The van der Waals surface area contributed by atoms with Crippen LogP contribution >= 0.6 is 0 Å². The van der Waals surface area contributed by atoms with Crippen LogP contribution in [0.1, 0.15) is 0 Å². The van der Waals surface area contributed by atoms with E-state index >= 15 is 0 Å². The predicted octanol–water partition coefficient (Wildman–Crippen LogP) is -9.02. The number of nitrogens with one attached hydrogen (secondary N) is 3. The molecule has 0 fully saturated rings. The molecule has 6 atom stereocenters. The summed E-state index contributed by atoms with van der Waals surface area (Å²) in [5, 5.41) is 67.9. The molecule has 0 aliphatic rings. The van der Waals surface area contributed by atoms with Gasteiger partial charge in [0.15, 0.2) is 0 Å². The van der Waals surface area contributed by atoms with Crippen LogP contribution in [-0.2, 0) is 19.6 Å². The maximum Gasteiger partial charge on any atom is 0.336 e. The molecule has 6 unspecified atom stereocenters. The molecule has 1 heterocycles. The molecule has 1 rings (SSSR count). The van der Waals surface area contributed by atoms with Gasteiger partial charge in [-0.1, -0.05) is 0 Å². The average Bonchev–Trinajstić information content (AvgIpc) is 2.91. The number of rotatable bonds is 21. The normalized spacial score (nSPS) is 16.5. The van der Waals surface area contributed by atoms with E-state index in [0.717, 1.165) is 0 Å². The Morgan fingerprint density at radius 3 is 0.872 bits per heavy atom. The molecule has 1 aromatic heterocycles. The smallest absolute Gasteiger partial charge is 0.336 e. The highest BCUT2D eigenvalue weighted by Gasteiger charge is 2.21. The molecule has 0 amide bonds. The van der Waals surface area contributed by atoms with Gasteiger partial charge < -0.3 is 63.8 Å². The predicted molar refractivity (Wildman–Crippen MR) is 141 cm³/mol. The maximum atomic E-state index is 13.1. The Bertz CT molecular complexity index is 848. The maximum absolute atomic E-state index is 13.1. The van der Waals surface area contributed by atoms with E-state index in [0.29, 0.717) is 13.7 Å². The number of aliphatic hydroxyl groups is 6. The third-order valence-corrected chi connectivity index (χ3v) is 5.66. The number of nitrogens with zero attached hydrogens (tertiary/aromatic N) is 3. The summed E-state index contributed by atoms with van der Waals surface area (Å²) < 4.78 is 1.84. The van der Waals surface area contributed by atoms with Gasteiger partial charge >= 0.3 is 17.1 Å². The summed E-state index contributed by atoms with van der Waals surface area (Å²) in [6.45, 7) is -1.80. The largest absolute Gasteiger partial charge is 0.390 e. The van der Waals surface area contributed by atoms with Crippen LogP contribution in [0.4, 0.5) is 0 Å². The number of hydrogen-bond donors (Lipinski definition) is 12. The Morgan fingerprint density at radius 1 is 0.462 bits per heavy atom. The second-order valence-corrected chi connectivity index (χ2v) is 9.28. The summed E-state index contributed by atoms with van der Waals surface area (Å²) >= 11 is 0. The molecule has 0 aliphatic carbocycles. The molecule has 39 heavy (non-hydrogen) atoms. The summed E-state index contributed by atoms with van der Waals surface area (Å²) in [7, 11) is 0. The Balaban J connectivity index is 3.19. The van der Waals surface area contributed by atoms with E-state index in [2.05, 4.69) is 16.0 Å². The van der Waals surface area contributed by atoms with Gasteiger partial charge in [0.25, 0.3) is 0 Å². The fraction of sp³-hybridized carbons (Fsp3) is 0.857. The van der Waals surface area contributed by atoms with E-state index in [1.807, 2.05) is 0 Å². The van der Waals surface area contributed by atoms with Crippen molar-refractivity contribution < 1.29 is 30.6 Å². The zero-order valence-electron chi connectivity index (χ0n) is 21.9. The summed E-state index contributed by atoms with van der Waals surface area (Å²) in [4.78, 5) is 39.2. The van der Waals surface area contributed by atoms with E-state index in [-0.39, 0.29) is 58.9 Å². The molecule has 0 saturated carbocycles. The monoisotopic (exact) mass is 567 g/mol. The molecule has 15 N–H and O–H groups in total. The van der Waals surface area contributed by atoms with Crippen molar-refractivity contribution in [3.8, 4) is 0 Å². The SMILES string of the molecule is NCC(O)CNCC(O)Cn1c(=O)n(CC(O)CNCC(O)CN)c(=O)n(CC(O)CNCC(O)CN)c1=O. The molecule has 1 aromatic rings. The van der Waals surface area contributed by atoms with Crippen molar-refractivity contribution in [1.29, 1.82) is 0 Å². The van der Waals surface area contributed by atoms with Crippen molar-refractivity contribution in [3.63, 3.8) is 0 Å². The molecule has 0 bridgehead atoms. The van der Waals surface area contributed by atoms with Crippen LogP contribution in [0.25, 0.3) is 0 Å². The lowest BCUT2D eigenvalue weighted by Crippen LogP contribution is -2.58. The topological polar surface area (TPSA) is 302 Å². The van der Waals surface area contributed by atoms with Crippen LogP contribution in [0, 0.1) is 0 Å². The Labute approximate surface area is 224 Å². The van der Waals surface area contributed by atoms with Crippen molar-refractivity contribution in [2.45, 2.75) is 56.3 Å². The lowest BCUT2D eigenvalue weighted by Gasteiger charge is -2.20. The van der Waals surface area contributed by atoms with Gasteiger partial charge in [-0.15, -0.1) is 0 Å². The van der Waals surface area contributed by atoms with E-state index < -0.39 is 73.3 Å². The fourth-order valence-corrected chi connectivity index (χ4v) is 3.48. The highest BCUT2D eigenvalue weighted by Crippen LogP contribution is 1.91. The zero-order valence-corrected chi connectivity index (χ0v) is 21.9. The van der Waals surface area contributed by atoms with Crippen LogP contribution in [0.3, 0.4) is 0 Å². The summed E-state index contributed by atoms with van der Waals surface area (Å²) in [6.07, 6.45) is -6.43. The van der Waals surface area contributed by atoms with Crippen LogP contribution in [-0.4, -0.2) is 140 Å². The summed E-state index contributed by atoms with van der Waals surface area (Å²) in [5.41, 5.74) is 12.7. The van der Waals surface area contributed by atoms with E-state index in [4.69, 9.17) is 17.2 Å². The van der Waals surface area contributed by atoms with Gasteiger partial charge in [0.2, 0.25) is 0 Å². The molecule has 0 saturated heterocycles. The Morgan fingerprint density at radius 2 is 0.667 bits per heavy atom. The Kier molecular flexibility index (Phi) is 16.4. The average molecular weight is 568 g/mol. The van der Waals surface area contributed by atoms with Crippen molar-refractivity contribution in [1.82, 2.24) is 29.7 Å². The molecule has 0 aromatic carbocycles. The second kappa shape index (κ2) is 18.3. The minimum atomic E-state index is -1.28. The lowest BCUT2D eigenvalue weighted by atomic mass is 10.3. The quantitative estimate of drug-likeness (QED) is 0.0656. The molecular formula is C21H45N9O9. The number of nitrogens with two attached hydrogens (primary N) is 3. The molecule has 0 aliphatic heterocycles. The molecule has 18 nitrogen and oxygen atoms in total. The molecule has 0 spiro atoms. The second-order valence-electron chi connectivity index (χ2n) is 9.28. The summed E-state index contributed by atoms with van der Waals surface area (Å²) in [6, 6.07) is 0. The van der Waals surface area contributed by atoms with Gasteiger partial charge in [-0.05, 0) is 0 Å². The lowest BCUT2D eigenvalue weighted by molar-refractivity contribution is 0.118. The van der Waals surface area contributed by atoms with Crippen LogP contribution in [0.5, 0.6) is 0 Å². The highest BCUT2D eigenvalue weighted by molar-refractivity contribution is 4.83. The first kappa shape index (κ1) is 35.0. The van der Waals surface area contributed by atoms with Gasteiger partial charge in [0.05, 0.1) is 56.3 Å². The van der Waals surface area contributed by atoms with Crippen LogP contribution in [0.2, 0.25) is 0 Å². The van der Waals surface area contributed by atoms with Gasteiger partial charge in [-0.3, -0.25) is 0 Å². The fourth-order valence-electron chi connectivity index (χ4n) is 3.48. The van der Waals surface area contributed by atoms with Crippen LogP contribution in [0.15, 0.2) is 14.4 Å². The minimum absolute atomic E-state index is 0.0110. The molecule has 18 heteroatoms. The first-order chi connectivity index (χ1) is 18.4. The van der Waals surface area contributed by atoms with Gasteiger partial charge in [-0.2, -0.15) is 0 Å². The highest BCUT2D eigenvalue weighted by atomic mass is 16.3. The zero-order chi connectivity index (χ0) is 29.5. The third-order valence-electron chi connectivity index (χ3n) is 5.66. The first-order valence-corrected chi connectivity index (χ1v) is 12.7. The molecular weight excluding hydrogens is 522 g/mol.